The summed E-state index contributed by atoms with van der Waals surface area (Å²) in [5.41, 5.74) is 1.14. The molecule has 0 aromatic rings. The van der Waals surface area contributed by atoms with Crippen molar-refractivity contribution in [2.45, 2.75) is 20.3 Å². The lowest BCUT2D eigenvalue weighted by Crippen LogP contribution is -2.10. The number of allylic oxidation sites excluding steroid dienone is 4. The van der Waals surface area contributed by atoms with Crippen molar-refractivity contribution in [3.8, 4) is 0 Å². The van der Waals surface area contributed by atoms with Gasteiger partial charge in [-0.25, -0.2) is 0 Å². The maximum Gasteiger partial charge on any atom is 0.290 e. The van der Waals surface area contributed by atoms with E-state index in [9.17, 15) is 8.42 Å². The zero-order valence-corrected chi connectivity index (χ0v) is 7.93. The minimum atomic E-state index is -3.97. The van der Waals surface area contributed by atoms with Crippen LogP contribution in [-0.2, 0) is 10.1 Å². The van der Waals surface area contributed by atoms with E-state index in [1.165, 1.54) is 6.08 Å². The molecule has 0 amide bonds. The van der Waals surface area contributed by atoms with Crippen molar-refractivity contribution in [2.75, 3.05) is 0 Å². The molecule has 0 saturated carbocycles. The fourth-order valence-corrected chi connectivity index (χ4v) is 1.81. The Bertz CT molecular complexity index is 335. The molecule has 0 fully saturated rings. The van der Waals surface area contributed by atoms with E-state index in [0.29, 0.717) is 6.42 Å². The van der Waals surface area contributed by atoms with E-state index in [1.807, 2.05) is 13.8 Å². The number of rotatable bonds is 1. The second kappa shape index (κ2) is 3.03. The second-order valence-electron chi connectivity index (χ2n) is 3.12. The molecule has 68 valence electrons. The Balaban J connectivity index is 3.00. The van der Waals surface area contributed by atoms with Gasteiger partial charge < -0.3 is 0 Å². The smallest absolute Gasteiger partial charge is 0.282 e. The van der Waals surface area contributed by atoms with Crippen LogP contribution in [0.2, 0.25) is 0 Å². The van der Waals surface area contributed by atoms with Crippen LogP contribution in [0.1, 0.15) is 20.3 Å². The molecule has 1 unspecified atom stereocenters. The molecule has 1 atom stereocenters. The number of hydrogen-bond acceptors (Lipinski definition) is 2. The predicted octanol–water partition coefficient (Wildman–Crippen LogP) is 1.74. The lowest BCUT2D eigenvalue weighted by molar-refractivity contribution is 0.485. The minimum absolute atomic E-state index is 0.112. The Labute approximate surface area is 72.5 Å². The highest BCUT2D eigenvalue weighted by atomic mass is 32.2. The van der Waals surface area contributed by atoms with Crippen LogP contribution >= 0.6 is 0 Å². The van der Waals surface area contributed by atoms with E-state index >= 15 is 0 Å². The van der Waals surface area contributed by atoms with Gasteiger partial charge in [0.1, 0.15) is 0 Å². The molecule has 12 heavy (non-hydrogen) atoms. The third kappa shape index (κ3) is 1.95. The number of hydrogen-bond donors (Lipinski definition) is 1. The summed E-state index contributed by atoms with van der Waals surface area (Å²) < 4.78 is 30.1. The van der Waals surface area contributed by atoms with Gasteiger partial charge in [-0.1, -0.05) is 18.6 Å². The van der Waals surface area contributed by atoms with Crippen LogP contribution in [0.25, 0.3) is 0 Å². The predicted molar refractivity (Wildman–Crippen MR) is 47.2 cm³/mol. The van der Waals surface area contributed by atoms with Crippen molar-refractivity contribution in [3.63, 3.8) is 0 Å². The normalized spacial score (nSPS) is 24.8. The summed E-state index contributed by atoms with van der Waals surface area (Å²) >= 11 is 0. The first-order valence-corrected chi connectivity index (χ1v) is 5.20. The Morgan fingerprint density at radius 3 is 2.50 bits per heavy atom. The molecule has 0 aliphatic heterocycles. The molecule has 0 aromatic heterocycles. The molecule has 0 heterocycles. The molecule has 0 radical (unpaired) electrons. The average Bonchev–Trinajstić information content (AvgIpc) is 1.92. The minimum Gasteiger partial charge on any atom is -0.282 e. The zero-order valence-electron chi connectivity index (χ0n) is 7.11. The van der Waals surface area contributed by atoms with Gasteiger partial charge in [0, 0.05) is 0 Å². The molecule has 1 rings (SSSR count). The molecule has 0 saturated heterocycles. The highest BCUT2D eigenvalue weighted by molar-refractivity contribution is 7.89. The third-order valence-electron chi connectivity index (χ3n) is 2.15. The van der Waals surface area contributed by atoms with E-state index < -0.39 is 10.1 Å². The Kier molecular flexibility index (Phi) is 2.39. The molecule has 1 aliphatic rings. The van der Waals surface area contributed by atoms with Gasteiger partial charge in [-0.05, 0) is 25.3 Å². The van der Waals surface area contributed by atoms with Gasteiger partial charge in [-0.15, -0.1) is 0 Å². The summed E-state index contributed by atoms with van der Waals surface area (Å²) in [4.78, 5) is 0.112. The van der Waals surface area contributed by atoms with Crippen LogP contribution in [0.4, 0.5) is 0 Å². The van der Waals surface area contributed by atoms with Gasteiger partial charge in [-0.2, -0.15) is 8.42 Å². The third-order valence-corrected chi connectivity index (χ3v) is 3.11. The van der Waals surface area contributed by atoms with Gasteiger partial charge in [0.15, 0.2) is 0 Å². The van der Waals surface area contributed by atoms with Crippen molar-refractivity contribution in [1.29, 1.82) is 0 Å². The van der Waals surface area contributed by atoms with Crippen LogP contribution < -0.4 is 0 Å². The van der Waals surface area contributed by atoms with Crippen LogP contribution in [-0.4, -0.2) is 13.0 Å². The van der Waals surface area contributed by atoms with E-state index in [2.05, 4.69) is 0 Å². The standard InChI is InChI=1S/C8H12O3S/c1-6-3-4-8(5-7(6)2)12(9,10)11/h3-4,7H,5H2,1-2H3,(H,9,10,11). The fourth-order valence-electron chi connectivity index (χ4n) is 1.11. The average molecular weight is 188 g/mol. The Hall–Kier alpha value is -0.610. The van der Waals surface area contributed by atoms with E-state index in [0.717, 1.165) is 5.57 Å². The topological polar surface area (TPSA) is 54.4 Å². The summed E-state index contributed by atoms with van der Waals surface area (Å²) in [6.45, 7) is 3.88. The van der Waals surface area contributed by atoms with Crippen LogP contribution in [0.3, 0.4) is 0 Å². The van der Waals surface area contributed by atoms with E-state index in [-0.39, 0.29) is 10.8 Å². The summed E-state index contributed by atoms with van der Waals surface area (Å²) in [7, 11) is -3.97. The first-order chi connectivity index (χ1) is 5.41. The van der Waals surface area contributed by atoms with Crippen LogP contribution in [0.15, 0.2) is 22.6 Å². The second-order valence-corrected chi connectivity index (χ2v) is 4.60. The molecule has 3 nitrogen and oxygen atoms in total. The molecule has 0 bridgehead atoms. The SMILES string of the molecule is CC1=CC=C(S(=O)(=O)O)CC1C. The lowest BCUT2D eigenvalue weighted by atomic mass is 9.95. The highest BCUT2D eigenvalue weighted by Crippen LogP contribution is 2.26. The first-order valence-electron chi connectivity index (χ1n) is 3.76. The molecule has 1 N–H and O–H groups in total. The zero-order chi connectivity index (χ0) is 9.35. The largest absolute Gasteiger partial charge is 0.290 e. The summed E-state index contributed by atoms with van der Waals surface area (Å²) in [6, 6.07) is 0. The van der Waals surface area contributed by atoms with E-state index in [4.69, 9.17) is 4.55 Å². The van der Waals surface area contributed by atoms with Crippen molar-refractivity contribution >= 4 is 10.1 Å². The molecular formula is C8H12O3S. The highest BCUT2D eigenvalue weighted by Gasteiger charge is 2.19. The maximum absolute atomic E-state index is 10.7. The van der Waals surface area contributed by atoms with Gasteiger partial charge in [0.25, 0.3) is 10.1 Å². The van der Waals surface area contributed by atoms with Gasteiger partial charge in [-0.3, -0.25) is 4.55 Å². The maximum atomic E-state index is 10.7. The molecule has 4 heteroatoms. The monoisotopic (exact) mass is 188 g/mol. The van der Waals surface area contributed by atoms with Gasteiger partial charge in [0.05, 0.1) is 4.91 Å². The first kappa shape index (κ1) is 9.48. The van der Waals surface area contributed by atoms with Crippen molar-refractivity contribution in [3.05, 3.63) is 22.6 Å². The molecular weight excluding hydrogens is 176 g/mol. The molecule has 1 aliphatic carbocycles. The Morgan fingerprint density at radius 2 is 2.08 bits per heavy atom. The Morgan fingerprint density at radius 1 is 1.50 bits per heavy atom. The van der Waals surface area contributed by atoms with Crippen molar-refractivity contribution in [1.82, 2.24) is 0 Å². The van der Waals surface area contributed by atoms with Crippen molar-refractivity contribution < 1.29 is 13.0 Å². The summed E-state index contributed by atoms with van der Waals surface area (Å²) in [5.74, 6) is 0.201. The quantitative estimate of drug-likeness (QED) is 0.638. The van der Waals surface area contributed by atoms with Crippen LogP contribution in [0, 0.1) is 5.92 Å². The molecule has 0 spiro atoms. The fraction of sp³-hybridized carbons (Fsp3) is 0.500. The van der Waals surface area contributed by atoms with Gasteiger partial charge in [0.2, 0.25) is 0 Å². The summed E-state index contributed by atoms with van der Waals surface area (Å²) in [6.07, 6.45) is 3.60. The summed E-state index contributed by atoms with van der Waals surface area (Å²) in [5, 5.41) is 0. The van der Waals surface area contributed by atoms with Gasteiger partial charge >= 0.3 is 0 Å². The lowest BCUT2D eigenvalue weighted by Gasteiger charge is -2.16. The molecule has 0 aromatic carbocycles. The van der Waals surface area contributed by atoms with Crippen molar-refractivity contribution in [2.24, 2.45) is 5.92 Å². The van der Waals surface area contributed by atoms with Crippen LogP contribution in [0.5, 0.6) is 0 Å². The van der Waals surface area contributed by atoms with E-state index in [1.54, 1.807) is 6.08 Å².